The van der Waals surface area contributed by atoms with Crippen molar-refractivity contribution in [2.24, 2.45) is 0 Å². The van der Waals surface area contributed by atoms with E-state index in [4.69, 9.17) is 4.74 Å². The second-order valence-electron chi connectivity index (χ2n) is 5.19. The van der Waals surface area contributed by atoms with Gasteiger partial charge in [-0.3, -0.25) is 4.79 Å². The van der Waals surface area contributed by atoms with Gasteiger partial charge in [0.1, 0.15) is 5.75 Å². The molecule has 0 saturated heterocycles. The normalized spacial score (nSPS) is 10.7. The van der Waals surface area contributed by atoms with Gasteiger partial charge in [-0.05, 0) is 42.3 Å². The summed E-state index contributed by atoms with van der Waals surface area (Å²) in [5, 5.41) is 2.19. The molecule has 0 N–H and O–H groups in total. The fourth-order valence-electron chi connectivity index (χ4n) is 2.25. The Morgan fingerprint density at radius 2 is 1.75 bits per heavy atom. The number of unbranched alkanes of at least 4 members (excludes halogenated alkanes) is 3. The fraction of sp³-hybridized carbons (Fsp3) is 0.389. The Hall–Kier alpha value is -1.83. The lowest BCUT2D eigenvalue weighted by Crippen LogP contribution is -1.97. The van der Waals surface area contributed by atoms with Crippen LogP contribution in [0.2, 0.25) is 0 Å². The second-order valence-corrected chi connectivity index (χ2v) is 5.19. The Balaban J connectivity index is 2.02. The first-order valence-electron chi connectivity index (χ1n) is 7.38. The predicted octanol–water partition coefficient (Wildman–Crippen LogP) is 5.00. The van der Waals surface area contributed by atoms with Gasteiger partial charge >= 0.3 is 0 Å². The summed E-state index contributed by atoms with van der Waals surface area (Å²) in [5.74, 6) is 1.01. The fourth-order valence-corrected chi connectivity index (χ4v) is 2.25. The first kappa shape index (κ1) is 14.6. The average molecular weight is 270 g/mol. The van der Waals surface area contributed by atoms with Crippen LogP contribution in [0.25, 0.3) is 10.8 Å². The third kappa shape index (κ3) is 3.83. The maximum absolute atomic E-state index is 11.4. The molecule has 0 unspecified atom stereocenters. The third-order valence-electron chi connectivity index (χ3n) is 3.48. The number of fused-ring (bicyclic) bond motifs is 1. The van der Waals surface area contributed by atoms with Crippen LogP contribution >= 0.6 is 0 Å². The van der Waals surface area contributed by atoms with Crippen molar-refractivity contribution in [3.63, 3.8) is 0 Å². The summed E-state index contributed by atoms with van der Waals surface area (Å²) in [6.07, 6.45) is 4.85. The van der Waals surface area contributed by atoms with Gasteiger partial charge in [0.05, 0.1) is 6.61 Å². The van der Waals surface area contributed by atoms with Crippen LogP contribution in [0.15, 0.2) is 36.4 Å². The Morgan fingerprint density at radius 3 is 2.50 bits per heavy atom. The molecule has 0 amide bonds. The van der Waals surface area contributed by atoms with E-state index in [-0.39, 0.29) is 5.78 Å². The van der Waals surface area contributed by atoms with E-state index < -0.39 is 0 Å². The van der Waals surface area contributed by atoms with Gasteiger partial charge < -0.3 is 4.74 Å². The highest BCUT2D eigenvalue weighted by Gasteiger charge is 2.02. The van der Waals surface area contributed by atoms with Gasteiger partial charge in [-0.25, -0.2) is 0 Å². The summed E-state index contributed by atoms with van der Waals surface area (Å²) in [6, 6.07) is 11.8. The number of benzene rings is 2. The Bertz CT molecular complexity index is 587. The summed E-state index contributed by atoms with van der Waals surface area (Å²) >= 11 is 0. The van der Waals surface area contributed by atoms with Crippen LogP contribution in [0.4, 0.5) is 0 Å². The molecule has 0 aliphatic heterocycles. The molecule has 0 heterocycles. The minimum absolute atomic E-state index is 0.100. The Kier molecular flexibility index (Phi) is 5.16. The lowest BCUT2D eigenvalue weighted by molar-refractivity contribution is 0.101. The van der Waals surface area contributed by atoms with Crippen molar-refractivity contribution in [1.29, 1.82) is 0 Å². The maximum atomic E-state index is 11.4. The summed E-state index contributed by atoms with van der Waals surface area (Å²) in [5.41, 5.74) is 0.755. The van der Waals surface area contributed by atoms with Gasteiger partial charge in [-0.2, -0.15) is 0 Å². The van der Waals surface area contributed by atoms with E-state index in [0.717, 1.165) is 35.1 Å². The van der Waals surface area contributed by atoms with Crippen molar-refractivity contribution in [3.05, 3.63) is 42.0 Å². The molecule has 0 aromatic heterocycles. The highest BCUT2D eigenvalue weighted by molar-refractivity contribution is 5.98. The second kappa shape index (κ2) is 7.09. The van der Waals surface area contributed by atoms with E-state index in [1.807, 2.05) is 36.4 Å². The lowest BCUT2D eigenvalue weighted by Gasteiger charge is -2.07. The van der Waals surface area contributed by atoms with Crippen molar-refractivity contribution >= 4 is 16.6 Å². The lowest BCUT2D eigenvalue weighted by atomic mass is 10.0. The van der Waals surface area contributed by atoms with Crippen molar-refractivity contribution in [2.45, 2.75) is 39.5 Å². The van der Waals surface area contributed by atoms with Crippen LogP contribution in [0.5, 0.6) is 5.75 Å². The van der Waals surface area contributed by atoms with Crippen LogP contribution in [0, 0.1) is 0 Å². The Morgan fingerprint density at radius 1 is 1.00 bits per heavy atom. The molecule has 106 valence electrons. The topological polar surface area (TPSA) is 26.3 Å². The van der Waals surface area contributed by atoms with E-state index in [2.05, 4.69) is 6.92 Å². The summed E-state index contributed by atoms with van der Waals surface area (Å²) < 4.78 is 5.77. The summed E-state index contributed by atoms with van der Waals surface area (Å²) in [6.45, 7) is 4.57. The largest absolute Gasteiger partial charge is 0.494 e. The number of rotatable bonds is 7. The molecule has 2 rings (SSSR count). The number of ketones is 1. The van der Waals surface area contributed by atoms with Crippen molar-refractivity contribution in [3.8, 4) is 5.75 Å². The Labute approximate surface area is 120 Å². The van der Waals surface area contributed by atoms with Crippen LogP contribution in [0.3, 0.4) is 0 Å². The molecule has 0 aliphatic carbocycles. The van der Waals surface area contributed by atoms with Crippen LogP contribution < -0.4 is 4.74 Å². The molecule has 2 nitrogen and oxygen atoms in total. The highest BCUT2D eigenvalue weighted by Crippen LogP contribution is 2.22. The predicted molar refractivity (Wildman–Crippen MR) is 83.6 cm³/mol. The summed E-state index contributed by atoms with van der Waals surface area (Å²) in [4.78, 5) is 11.4. The van der Waals surface area contributed by atoms with Gasteiger partial charge in [0.15, 0.2) is 5.78 Å². The van der Waals surface area contributed by atoms with E-state index >= 15 is 0 Å². The number of ether oxygens (including phenoxy) is 1. The third-order valence-corrected chi connectivity index (χ3v) is 3.48. The average Bonchev–Trinajstić information content (AvgIpc) is 2.46. The molecular weight excluding hydrogens is 248 g/mol. The molecule has 0 spiro atoms. The van der Waals surface area contributed by atoms with Crippen LogP contribution in [-0.2, 0) is 0 Å². The molecule has 0 atom stereocenters. The first-order chi connectivity index (χ1) is 9.70. The van der Waals surface area contributed by atoms with Gasteiger partial charge in [0.25, 0.3) is 0 Å². The first-order valence-corrected chi connectivity index (χ1v) is 7.38. The van der Waals surface area contributed by atoms with Crippen molar-refractivity contribution in [1.82, 2.24) is 0 Å². The molecular formula is C18H22O2. The minimum atomic E-state index is 0.100. The zero-order valence-corrected chi connectivity index (χ0v) is 12.3. The molecule has 2 aromatic rings. The highest BCUT2D eigenvalue weighted by atomic mass is 16.5. The van der Waals surface area contributed by atoms with Gasteiger partial charge in [0.2, 0.25) is 0 Å². The van der Waals surface area contributed by atoms with Crippen molar-refractivity contribution in [2.75, 3.05) is 6.61 Å². The van der Waals surface area contributed by atoms with Crippen LogP contribution in [-0.4, -0.2) is 12.4 Å². The molecule has 2 heteroatoms. The quantitative estimate of drug-likeness (QED) is 0.522. The standard InChI is InChI=1S/C18H22O2/c1-3-4-5-6-11-20-18-10-9-16-12-15(14(2)19)7-8-17(16)13-18/h7-10,12-13H,3-6,11H2,1-2H3. The number of hydrogen-bond donors (Lipinski definition) is 0. The molecule has 0 radical (unpaired) electrons. The maximum Gasteiger partial charge on any atom is 0.159 e. The van der Waals surface area contributed by atoms with E-state index in [0.29, 0.717) is 0 Å². The molecule has 0 bridgehead atoms. The van der Waals surface area contributed by atoms with Crippen LogP contribution in [0.1, 0.15) is 49.9 Å². The SMILES string of the molecule is CCCCCCOc1ccc2cc(C(C)=O)ccc2c1. The monoisotopic (exact) mass is 270 g/mol. The minimum Gasteiger partial charge on any atom is -0.494 e. The van der Waals surface area contributed by atoms with Gasteiger partial charge in [0, 0.05) is 5.56 Å². The number of carbonyl (C=O) groups excluding carboxylic acids is 1. The zero-order chi connectivity index (χ0) is 14.4. The van der Waals surface area contributed by atoms with E-state index in [9.17, 15) is 4.79 Å². The number of hydrogen-bond acceptors (Lipinski definition) is 2. The van der Waals surface area contributed by atoms with Gasteiger partial charge in [-0.1, -0.05) is 44.4 Å². The molecule has 0 fully saturated rings. The molecule has 0 aliphatic rings. The van der Waals surface area contributed by atoms with Gasteiger partial charge in [-0.15, -0.1) is 0 Å². The van der Waals surface area contributed by atoms with Crippen molar-refractivity contribution < 1.29 is 9.53 Å². The van der Waals surface area contributed by atoms with E-state index in [1.54, 1.807) is 6.92 Å². The van der Waals surface area contributed by atoms with E-state index in [1.165, 1.54) is 19.3 Å². The zero-order valence-electron chi connectivity index (χ0n) is 12.3. The number of carbonyl (C=O) groups is 1. The molecule has 0 saturated carbocycles. The number of Topliss-reactive ketones (excluding diaryl/α,β-unsaturated/α-hetero) is 1. The smallest absolute Gasteiger partial charge is 0.159 e. The summed E-state index contributed by atoms with van der Waals surface area (Å²) in [7, 11) is 0. The molecule has 2 aromatic carbocycles. The molecule has 20 heavy (non-hydrogen) atoms.